The number of ether oxygens (including phenoxy) is 1. The van der Waals surface area contributed by atoms with Crippen LogP contribution in [0.3, 0.4) is 0 Å². The van der Waals surface area contributed by atoms with E-state index in [2.05, 4.69) is 21.6 Å². The topological polar surface area (TPSA) is 58.0 Å². The zero-order chi connectivity index (χ0) is 25.8. The van der Waals surface area contributed by atoms with E-state index in [1.54, 1.807) is 0 Å². The molecule has 7 nitrogen and oxygen atoms in total. The van der Waals surface area contributed by atoms with Gasteiger partial charge in [-0.05, 0) is 48.9 Å². The number of fused-ring (bicyclic) bond motifs is 1. The van der Waals surface area contributed by atoms with Crippen molar-refractivity contribution >= 4 is 29.1 Å². The summed E-state index contributed by atoms with van der Waals surface area (Å²) < 4.78 is 7.96. The molecular formula is C29H33ClN4O3. The van der Waals surface area contributed by atoms with Gasteiger partial charge in [-0.15, -0.1) is 0 Å². The third kappa shape index (κ3) is 5.47. The first-order valence-corrected chi connectivity index (χ1v) is 13.4. The fourth-order valence-electron chi connectivity index (χ4n) is 5.39. The number of hydrogen-bond donors (Lipinski definition) is 0. The lowest BCUT2D eigenvalue weighted by Crippen LogP contribution is -2.49. The van der Waals surface area contributed by atoms with Crippen LogP contribution in [0.1, 0.15) is 37.1 Å². The van der Waals surface area contributed by atoms with Gasteiger partial charge < -0.3 is 24.0 Å². The van der Waals surface area contributed by atoms with Gasteiger partial charge in [0, 0.05) is 69.0 Å². The van der Waals surface area contributed by atoms with Crippen molar-refractivity contribution in [2.75, 3.05) is 44.2 Å². The quantitative estimate of drug-likeness (QED) is 0.457. The van der Waals surface area contributed by atoms with Crippen LogP contribution >= 0.6 is 11.6 Å². The van der Waals surface area contributed by atoms with Crippen molar-refractivity contribution in [1.82, 2.24) is 14.4 Å². The van der Waals surface area contributed by atoms with E-state index in [0.29, 0.717) is 31.3 Å². The summed E-state index contributed by atoms with van der Waals surface area (Å²) in [5, 5.41) is 0.645. The van der Waals surface area contributed by atoms with Crippen LogP contribution in [0.15, 0.2) is 66.9 Å². The average Bonchev–Trinajstić information content (AvgIpc) is 3.41. The van der Waals surface area contributed by atoms with Gasteiger partial charge in [-0.1, -0.05) is 35.9 Å². The summed E-state index contributed by atoms with van der Waals surface area (Å²) in [4.78, 5) is 32.5. The Balaban J connectivity index is 1.20. The zero-order valence-electron chi connectivity index (χ0n) is 21.2. The molecule has 3 aromatic rings. The van der Waals surface area contributed by atoms with Crippen molar-refractivity contribution in [2.24, 2.45) is 0 Å². The van der Waals surface area contributed by atoms with Crippen LogP contribution in [0.5, 0.6) is 5.75 Å². The molecular weight excluding hydrogens is 488 g/mol. The molecule has 2 aliphatic heterocycles. The number of benzene rings is 2. The molecule has 1 saturated heterocycles. The molecule has 5 rings (SSSR count). The van der Waals surface area contributed by atoms with Gasteiger partial charge in [0.1, 0.15) is 5.75 Å². The van der Waals surface area contributed by atoms with Crippen LogP contribution in [0, 0.1) is 0 Å². The van der Waals surface area contributed by atoms with E-state index in [4.69, 9.17) is 16.3 Å². The third-order valence-corrected chi connectivity index (χ3v) is 7.45. The minimum atomic E-state index is -0.209. The van der Waals surface area contributed by atoms with Crippen molar-refractivity contribution in [3.8, 4) is 5.75 Å². The van der Waals surface area contributed by atoms with Crippen LogP contribution < -0.4 is 9.64 Å². The second kappa shape index (κ2) is 11.3. The molecule has 2 aliphatic rings. The highest BCUT2D eigenvalue weighted by molar-refractivity contribution is 6.30. The Bertz CT molecular complexity index is 1250. The number of anilines is 1. The Labute approximate surface area is 223 Å². The van der Waals surface area contributed by atoms with Crippen LogP contribution in [-0.4, -0.2) is 65.5 Å². The highest BCUT2D eigenvalue weighted by Crippen LogP contribution is 2.34. The number of halogens is 1. The molecule has 0 N–H and O–H groups in total. The summed E-state index contributed by atoms with van der Waals surface area (Å²) >= 11 is 6.28. The second-order valence-corrected chi connectivity index (χ2v) is 9.88. The number of carbonyl (C=O) groups is 2. The number of amides is 2. The van der Waals surface area contributed by atoms with Crippen LogP contribution in [0.2, 0.25) is 5.02 Å². The molecule has 0 aliphatic carbocycles. The first-order chi connectivity index (χ1) is 18.0. The Hall–Kier alpha value is -3.45. The molecule has 1 unspecified atom stereocenters. The van der Waals surface area contributed by atoms with E-state index in [0.717, 1.165) is 42.3 Å². The Morgan fingerprint density at radius 1 is 0.892 bits per heavy atom. The highest BCUT2D eigenvalue weighted by Gasteiger charge is 2.32. The molecule has 194 valence electrons. The summed E-state index contributed by atoms with van der Waals surface area (Å²) in [7, 11) is 0. The smallest absolute Gasteiger partial charge is 0.223 e. The summed E-state index contributed by atoms with van der Waals surface area (Å²) in [5.41, 5.74) is 3.11. The van der Waals surface area contributed by atoms with Crippen molar-refractivity contribution < 1.29 is 14.3 Å². The minimum absolute atomic E-state index is 0.00458. The van der Waals surface area contributed by atoms with Crippen molar-refractivity contribution in [1.29, 1.82) is 0 Å². The van der Waals surface area contributed by atoms with Gasteiger partial charge in [-0.25, -0.2) is 0 Å². The van der Waals surface area contributed by atoms with Gasteiger partial charge in [0.15, 0.2) is 0 Å². The maximum absolute atomic E-state index is 13.4. The fraction of sp³-hybridized carbons (Fsp3) is 0.379. The van der Waals surface area contributed by atoms with Gasteiger partial charge in [-0.2, -0.15) is 0 Å². The highest BCUT2D eigenvalue weighted by atomic mass is 35.5. The number of hydrogen-bond acceptors (Lipinski definition) is 4. The van der Waals surface area contributed by atoms with Crippen LogP contribution in [0.25, 0.3) is 0 Å². The van der Waals surface area contributed by atoms with Gasteiger partial charge >= 0.3 is 0 Å². The van der Waals surface area contributed by atoms with Gasteiger partial charge in [0.25, 0.3) is 0 Å². The molecule has 0 saturated carbocycles. The summed E-state index contributed by atoms with van der Waals surface area (Å²) in [6.45, 7) is 6.69. The summed E-state index contributed by atoms with van der Waals surface area (Å²) in [6.07, 6.45) is 2.46. The number of piperazine rings is 1. The van der Waals surface area contributed by atoms with E-state index in [1.165, 1.54) is 0 Å². The lowest BCUT2D eigenvalue weighted by Gasteiger charge is -2.38. The van der Waals surface area contributed by atoms with Gasteiger partial charge in [-0.3, -0.25) is 9.59 Å². The van der Waals surface area contributed by atoms with E-state index >= 15 is 0 Å². The molecule has 2 aromatic carbocycles. The number of para-hydroxylation sites is 2. The Morgan fingerprint density at radius 2 is 1.68 bits per heavy atom. The van der Waals surface area contributed by atoms with E-state index in [1.807, 2.05) is 71.5 Å². The van der Waals surface area contributed by atoms with Crippen LogP contribution in [-0.2, 0) is 16.1 Å². The van der Waals surface area contributed by atoms with E-state index in [9.17, 15) is 9.59 Å². The Morgan fingerprint density at radius 3 is 2.46 bits per heavy atom. The first kappa shape index (κ1) is 25.2. The zero-order valence-corrected chi connectivity index (χ0v) is 21.9. The molecule has 1 aromatic heterocycles. The van der Waals surface area contributed by atoms with Crippen molar-refractivity contribution in [3.05, 3.63) is 83.1 Å². The standard InChI is InChI=1S/C29H33ClN4O3/c1-2-37-26-11-4-3-9-24(26)32-15-17-33(18-16-32)27(35)12-13-28(36)34-20-19-31-14-6-10-25(31)29(34)22-7-5-8-23(30)21-22/h3-11,14,21,29H,2,12-13,15-20H2,1H3. The van der Waals surface area contributed by atoms with Crippen LogP contribution in [0.4, 0.5) is 5.69 Å². The monoisotopic (exact) mass is 520 g/mol. The number of rotatable bonds is 7. The van der Waals surface area contributed by atoms with E-state index < -0.39 is 0 Å². The molecule has 1 atom stereocenters. The largest absolute Gasteiger partial charge is 0.492 e. The number of nitrogens with zero attached hydrogens (tertiary/aromatic N) is 4. The predicted octanol–water partition coefficient (Wildman–Crippen LogP) is 4.60. The molecule has 0 radical (unpaired) electrons. The number of carbonyl (C=O) groups excluding carboxylic acids is 2. The average molecular weight is 521 g/mol. The first-order valence-electron chi connectivity index (χ1n) is 13.0. The molecule has 0 bridgehead atoms. The summed E-state index contributed by atoms with van der Waals surface area (Å²) in [6, 6.07) is 19.6. The van der Waals surface area contributed by atoms with Crippen molar-refractivity contribution in [3.63, 3.8) is 0 Å². The molecule has 8 heteroatoms. The molecule has 1 fully saturated rings. The lowest BCUT2D eigenvalue weighted by atomic mass is 9.99. The predicted molar refractivity (Wildman–Crippen MR) is 145 cm³/mol. The normalized spacial score (nSPS) is 17.5. The molecule has 37 heavy (non-hydrogen) atoms. The third-order valence-electron chi connectivity index (χ3n) is 7.21. The molecule has 0 spiro atoms. The van der Waals surface area contributed by atoms with Gasteiger partial charge in [0.05, 0.1) is 18.3 Å². The lowest BCUT2D eigenvalue weighted by molar-refractivity contribution is -0.138. The molecule has 3 heterocycles. The fourth-order valence-corrected chi connectivity index (χ4v) is 5.59. The number of aromatic nitrogens is 1. The minimum Gasteiger partial charge on any atom is -0.492 e. The molecule has 2 amide bonds. The summed E-state index contributed by atoms with van der Waals surface area (Å²) in [5.74, 6) is 0.901. The SMILES string of the molecule is CCOc1ccccc1N1CCN(C(=O)CCC(=O)N2CCn3cccc3C2c2cccc(Cl)c2)CC1. The van der Waals surface area contributed by atoms with E-state index in [-0.39, 0.29) is 30.7 Å². The van der Waals surface area contributed by atoms with Gasteiger partial charge in [0.2, 0.25) is 11.8 Å². The van der Waals surface area contributed by atoms with Crippen molar-refractivity contribution in [2.45, 2.75) is 32.4 Å². The maximum Gasteiger partial charge on any atom is 0.223 e. The Kier molecular flexibility index (Phi) is 7.70. The maximum atomic E-state index is 13.4. The second-order valence-electron chi connectivity index (χ2n) is 9.44.